The molecule has 0 aromatic heterocycles. The number of methoxy groups -OCH3 is 1. The van der Waals surface area contributed by atoms with E-state index in [0.717, 1.165) is 40.5 Å². The van der Waals surface area contributed by atoms with Crippen molar-refractivity contribution < 1.29 is 14.6 Å². The van der Waals surface area contributed by atoms with Gasteiger partial charge in [-0.25, -0.2) is 4.79 Å². The van der Waals surface area contributed by atoms with Gasteiger partial charge >= 0.3 is 5.97 Å². The summed E-state index contributed by atoms with van der Waals surface area (Å²) in [5, 5.41) is 8.84. The van der Waals surface area contributed by atoms with Crippen molar-refractivity contribution in [3.63, 3.8) is 0 Å². The number of carbonyl (C=O) groups is 1. The van der Waals surface area contributed by atoms with Gasteiger partial charge in [0.2, 0.25) is 0 Å². The van der Waals surface area contributed by atoms with Crippen LogP contribution in [0.25, 0.3) is 17.2 Å². The topological polar surface area (TPSA) is 46.5 Å². The summed E-state index contributed by atoms with van der Waals surface area (Å²) in [4.78, 5) is 10.8. The fourth-order valence-corrected chi connectivity index (χ4v) is 3.37. The van der Waals surface area contributed by atoms with E-state index in [1.165, 1.54) is 11.1 Å². The summed E-state index contributed by atoms with van der Waals surface area (Å²) < 4.78 is 5.32. The lowest BCUT2D eigenvalue weighted by atomic mass is 9.88. The van der Waals surface area contributed by atoms with Gasteiger partial charge in [0.05, 0.1) is 7.11 Å². The number of aliphatic carboxylic acids is 1. The molecule has 0 aliphatic heterocycles. The largest absolute Gasteiger partial charge is 0.497 e. The molecule has 0 saturated carbocycles. The van der Waals surface area contributed by atoms with Gasteiger partial charge in [0.1, 0.15) is 5.75 Å². The van der Waals surface area contributed by atoms with Crippen molar-refractivity contribution in [3.05, 3.63) is 107 Å². The highest BCUT2D eigenvalue weighted by atomic mass is 16.5. The maximum absolute atomic E-state index is 10.8. The molecule has 3 aromatic carbocycles. The van der Waals surface area contributed by atoms with Crippen molar-refractivity contribution in [2.24, 2.45) is 0 Å². The zero-order chi connectivity index (χ0) is 20.6. The van der Waals surface area contributed by atoms with E-state index in [1.807, 2.05) is 42.5 Å². The van der Waals surface area contributed by atoms with Crippen LogP contribution in [0.3, 0.4) is 0 Å². The summed E-state index contributed by atoms with van der Waals surface area (Å²) in [6.07, 6.45) is 3.63. The summed E-state index contributed by atoms with van der Waals surface area (Å²) in [5.41, 5.74) is 6.65. The summed E-state index contributed by atoms with van der Waals surface area (Å²) in [6, 6.07) is 26.4. The Bertz CT molecular complexity index is 1010. The average Bonchev–Trinajstić information content (AvgIpc) is 2.77. The molecule has 3 rings (SSSR count). The molecule has 1 N–H and O–H groups in total. The van der Waals surface area contributed by atoms with Crippen LogP contribution >= 0.6 is 0 Å². The van der Waals surface area contributed by atoms with Crippen LogP contribution in [0.4, 0.5) is 0 Å². The summed E-state index contributed by atoms with van der Waals surface area (Å²) in [6.45, 7) is 2.16. The van der Waals surface area contributed by atoms with Gasteiger partial charge in [0.25, 0.3) is 0 Å². The quantitative estimate of drug-likeness (QED) is 0.392. The van der Waals surface area contributed by atoms with E-state index < -0.39 is 5.97 Å². The molecule has 0 aliphatic rings. The van der Waals surface area contributed by atoms with Crippen LogP contribution in [-0.2, 0) is 4.79 Å². The molecule has 3 heteroatoms. The normalized spacial score (nSPS) is 11.9. The first-order valence-corrected chi connectivity index (χ1v) is 9.56. The third-order valence-electron chi connectivity index (χ3n) is 4.77. The Labute approximate surface area is 171 Å². The van der Waals surface area contributed by atoms with Gasteiger partial charge in [-0.2, -0.15) is 0 Å². The van der Waals surface area contributed by atoms with Crippen LogP contribution in [0, 0.1) is 0 Å². The Morgan fingerprint density at radius 3 is 1.97 bits per heavy atom. The molecular weight excluding hydrogens is 360 g/mol. The summed E-state index contributed by atoms with van der Waals surface area (Å²) >= 11 is 0. The Kier molecular flexibility index (Phi) is 6.64. The predicted molar refractivity (Wildman–Crippen MR) is 119 cm³/mol. The van der Waals surface area contributed by atoms with Gasteiger partial charge in [-0.15, -0.1) is 0 Å². The zero-order valence-corrected chi connectivity index (χ0v) is 16.6. The monoisotopic (exact) mass is 384 g/mol. The Balaban J connectivity index is 2.14. The van der Waals surface area contributed by atoms with Crippen LogP contribution in [0.5, 0.6) is 5.75 Å². The maximum atomic E-state index is 10.8. The standard InChI is InChI=1S/C26H24O3/c1-3-24(20-7-5-4-6-8-20)26(22-14-16-23(29-2)17-15-22)21-12-9-19(10-13-21)11-18-25(27)28/h4-18H,3H2,1-2H3,(H,27,28)/b18-11+,26-24-. The average molecular weight is 384 g/mol. The van der Waals surface area contributed by atoms with Gasteiger partial charge in [-0.05, 0) is 58.0 Å². The molecule has 29 heavy (non-hydrogen) atoms. The first-order chi connectivity index (χ1) is 14.1. The lowest BCUT2D eigenvalue weighted by Gasteiger charge is -2.17. The van der Waals surface area contributed by atoms with E-state index in [9.17, 15) is 4.79 Å². The minimum atomic E-state index is -0.953. The Hall–Kier alpha value is -3.59. The third-order valence-corrected chi connectivity index (χ3v) is 4.77. The van der Waals surface area contributed by atoms with Crippen LogP contribution in [0.15, 0.2) is 84.9 Å². The van der Waals surface area contributed by atoms with Gasteiger partial charge in [-0.1, -0.05) is 73.7 Å². The minimum absolute atomic E-state index is 0.819. The SMILES string of the molecule is CC/C(=C(\c1ccc(/C=C/C(=O)O)cc1)c1ccc(OC)cc1)c1ccccc1. The highest BCUT2D eigenvalue weighted by molar-refractivity contribution is 5.98. The molecule has 0 atom stereocenters. The van der Waals surface area contributed by atoms with E-state index in [4.69, 9.17) is 9.84 Å². The van der Waals surface area contributed by atoms with Crippen LogP contribution in [0.2, 0.25) is 0 Å². The van der Waals surface area contributed by atoms with Crippen LogP contribution < -0.4 is 4.74 Å². The van der Waals surface area contributed by atoms with Crippen molar-refractivity contribution in [1.29, 1.82) is 0 Å². The van der Waals surface area contributed by atoms with E-state index in [1.54, 1.807) is 13.2 Å². The fraction of sp³-hybridized carbons (Fsp3) is 0.115. The number of ether oxygens (including phenoxy) is 1. The van der Waals surface area contributed by atoms with Crippen molar-refractivity contribution >= 4 is 23.2 Å². The summed E-state index contributed by atoms with van der Waals surface area (Å²) in [5.74, 6) is -0.134. The number of benzene rings is 3. The van der Waals surface area contributed by atoms with Crippen molar-refractivity contribution in [2.45, 2.75) is 13.3 Å². The molecule has 3 aromatic rings. The minimum Gasteiger partial charge on any atom is -0.497 e. The van der Waals surface area contributed by atoms with E-state index in [0.29, 0.717) is 0 Å². The summed E-state index contributed by atoms with van der Waals surface area (Å²) in [7, 11) is 1.66. The van der Waals surface area contributed by atoms with E-state index in [-0.39, 0.29) is 0 Å². The molecule has 0 bridgehead atoms. The molecule has 146 valence electrons. The van der Waals surface area contributed by atoms with Crippen molar-refractivity contribution in [3.8, 4) is 5.75 Å². The Morgan fingerprint density at radius 1 is 0.862 bits per heavy atom. The van der Waals surface area contributed by atoms with Gasteiger partial charge in [0, 0.05) is 6.08 Å². The lowest BCUT2D eigenvalue weighted by Crippen LogP contribution is -1.95. The number of allylic oxidation sites excluding steroid dienone is 1. The van der Waals surface area contributed by atoms with E-state index >= 15 is 0 Å². The number of rotatable bonds is 7. The highest BCUT2D eigenvalue weighted by Crippen LogP contribution is 2.35. The molecule has 0 amide bonds. The molecule has 0 fully saturated rings. The zero-order valence-electron chi connectivity index (χ0n) is 16.6. The van der Waals surface area contributed by atoms with Gasteiger partial charge in [0.15, 0.2) is 0 Å². The van der Waals surface area contributed by atoms with E-state index in [2.05, 4.69) is 43.3 Å². The molecule has 0 unspecified atom stereocenters. The lowest BCUT2D eigenvalue weighted by molar-refractivity contribution is -0.131. The number of carboxylic acid groups (broad SMARTS) is 1. The van der Waals surface area contributed by atoms with Gasteiger partial charge < -0.3 is 9.84 Å². The molecule has 0 heterocycles. The Morgan fingerprint density at radius 2 is 1.45 bits per heavy atom. The first-order valence-electron chi connectivity index (χ1n) is 9.56. The first kappa shape index (κ1) is 20.2. The number of hydrogen-bond donors (Lipinski definition) is 1. The molecule has 0 radical (unpaired) electrons. The molecule has 0 saturated heterocycles. The fourth-order valence-electron chi connectivity index (χ4n) is 3.37. The van der Waals surface area contributed by atoms with Crippen molar-refractivity contribution in [2.75, 3.05) is 7.11 Å². The molecular formula is C26H24O3. The highest BCUT2D eigenvalue weighted by Gasteiger charge is 2.13. The second-order valence-electron chi connectivity index (χ2n) is 6.60. The second-order valence-corrected chi connectivity index (χ2v) is 6.60. The third kappa shape index (κ3) is 5.02. The number of carboxylic acids is 1. The second kappa shape index (κ2) is 9.56. The van der Waals surface area contributed by atoms with Crippen LogP contribution in [0.1, 0.15) is 35.6 Å². The maximum Gasteiger partial charge on any atom is 0.328 e. The predicted octanol–water partition coefficient (Wildman–Crippen LogP) is 6.16. The van der Waals surface area contributed by atoms with Gasteiger partial charge in [-0.3, -0.25) is 0 Å². The number of hydrogen-bond acceptors (Lipinski definition) is 2. The molecule has 0 spiro atoms. The molecule has 3 nitrogen and oxygen atoms in total. The molecule has 0 aliphatic carbocycles. The van der Waals surface area contributed by atoms with Crippen LogP contribution in [-0.4, -0.2) is 18.2 Å². The smallest absolute Gasteiger partial charge is 0.328 e. The van der Waals surface area contributed by atoms with Crippen molar-refractivity contribution in [1.82, 2.24) is 0 Å².